The van der Waals surface area contributed by atoms with Crippen molar-refractivity contribution >= 4 is 32.7 Å². The first-order chi connectivity index (χ1) is 16.9. The zero-order valence-electron chi connectivity index (χ0n) is 19.7. The molecule has 35 heavy (non-hydrogen) atoms. The van der Waals surface area contributed by atoms with Crippen LogP contribution in [0.2, 0.25) is 0 Å². The Morgan fingerprint density at radius 2 is 1.63 bits per heavy atom. The molecule has 1 amide bonds. The molecule has 1 atom stereocenters. The van der Waals surface area contributed by atoms with E-state index in [9.17, 15) is 18.0 Å². The van der Waals surface area contributed by atoms with Crippen LogP contribution in [0.4, 0.5) is 0 Å². The first kappa shape index (κ1) is 24.9. The van der Waals surface area contributed by atoms with Crippen LogP contribution in [-0.4, -0.2) is 50.3 Å². The van der Waals surface area contributed by atoms with E-state index < -0.39 is 22.0 Å². The molecule has 8 heteroatoms. The van der Waals surface area contributed by atoms with Crippen LogP contribution < -0.4 is 5.32 Å². The lowest BCUT2D eigenvalue weighted by Crippen LogP contribution is -2.48. The van der Waals surface area contributed by atoms with Gasteiger partial charge in [0.25, 0.3) is 0 Å². The fourth-order valence-corrected chi connectivity index (χ4v) is 5.92. The molecule has 3 aromatic carbocycles. The summed E-state index contributed by atoms with van der Waals surface area (Å²) in [6.07, 6.45) is 1.11. The summed E-state index contributed by atoms with van der Waals surface area (Å²) in [5.41, 5.74) is 0.919. The number of carbonyl (C=O) groups excluding carboxylic acids is 2. The van der Waals surface area contributed by atoms with Crippen molar-refractivity contribution < 1.29 is 22.7 Å². The van der Waals surface area contributed by atoms with E-state index in [0.29, 0.717) is 19.3 Å². The Labute approximate surface area is 206 Å². The third kappa shape index (κ3) is 5.89. The number of hydrogen-bond donors (Lipinski definition) is 1. The van der Waals surface area contributed by atoms with Crippen LogP contribution >= 0.6 is 0 Å². The summed E-state index contributed by atoms with van der Waals surface area (Å²) in [7, 11) is -3.66. The standard InChI is InChI=1S/C27H30N2O5S/c1-2-34-27(31)25(18-20-8-4-3-5-9-20)28-26(30)22-14-16-29(17-15-22)35(32,33)24-13-12-21-10-6-7-11-23(21)19-24/h3-13,19,22,25H,2,14-18H2,1H3,(H,28,30). The van der Waals surface area contributed by atoms with Gasteiger partial charge in [0.1, 0.15) is 6.04 Å². The Morgan fingerprint density at radius 3 is 2.31 bits per heavy atom. The number of nitrogens with zero attached hydrogens (tertiary/aromatic N) is 1. The molecule has 1 N–H and O–H groups in total. The lowest BCUT2D eigenvalue weighted by Gasteiger charge is -2.31. The summed E-state index contributed by atoms with van der Waals surface area (Å²) in [5.74, 6) is -1.09. The number of nitrogens with one attached hydrogen (secondary N) is 1. The second-order valence-corrected chi connectivity index (χ2v) is 10.6. The second-order valence-electron chi connectivity index (χ2n) is 8.69. The van der Waals surface area contributed by atoms with Gasteiger partial charge in [0.05, 0.1) is 11.5 Å². The maximum atomic E-state index is 13.2. The summed E-state index contributed by atoms with van der Waals surface area (Å²) < 4.78 is 33.0. The van der Waals surface area contributed by atoms with E-state index in [1.165, 1.54) is 4.31 Å². The topological polar surface area (TPSA) is 92.8 Å². The lowest BCUT2D eigenvalue weighted by atomic mass is 9.96. The van der Waals surface area contributed by atoms with E-state index in [0.717, 1.165) is 16.3 Å². The van der Waals surface area contributed by atoms with Gasteiger partial charge in [-0.2, -0.15) is 4.31 Å². The average molecular weight is 495 g/mol. The van der Waals surface area contributed by atoms with Gasteiger partial charge in [-0.25, -0.2) is 13.2 Å². The quantitative estimate of drug-likeness (QED) is 0.484. The van der Waals surface area contributed by atoms with E-state index in [1.54, 1.807) is 19.1 Å². The normalized spacial score (nSPS) is 16.0. The number of hydrogen-bond acceptors (Lipinski definition) is 5. The van der Waals surface area contributed by atoms with Gasteiger partial charge in [0.15, 0.2) is 0 Å². The first-order valence-electron chi connectivity index (χ1n) is 11.9. The largest absolute Gasteiger partial charge is 0.464 e. The molecule has 1 heterocycles. The molecule has 1 aliphatic rings. The number of ether oxygens (including phenoxy) is 1. The molecule has 1 saturated heterocycles. The average Bonchev–Trinajstić information content (AvgIpc) is 2.88. The van der Waals surface area contributed by atoms with Crippen LogP contribution in [0, 0.1) is 5.92 Å². The van der Waals surface area contributed by atoms with Gasteiger partial charge in [0, 0.05) is 25.4 Å². The van der Waals surface area contributed by atoms with E-state index >= 15 is 0 Å². The van der Waals surface area contributed by atoms with Gasteiger partial charge in [-0.3, -0.25) is 4.79 Å². The summed E-state index contributed by atoms with van der Waals surface area (Å²) in [4.78, 5) is 25.7. The first-order valence-corrected chi connectivity index (χ1v) is 13.3. The van der Waals surface area contributed by atoms with Crippen molar-refractivity contribution in [1.29, 1.82) is 0 Å². The smallest absolute Gasteiger partial charge is 0.328 e. The molecule has 0 bridgehead atoms. The van der Waals surface area contributed by atoms with Gasteiger partial charge < -0.3 is 10.1 Å². The van der Waals surface area contributed by atoms with Crippen molar-refractivity contribution in [2.24, 2.45) is 5.92 Å². The zero-order valence-corrected chi connectivity index (χ0v) is 20.5. The van der Waals surface area contributed by atoms with Crippen LogP contribution in [0.15, 0.2) is 77.7 Å². The van der Waals surface area contributed by atoms with E-state index in [2.05, 4.69) is 5.32 Å². The second kappa shape index (κ2) is 11.0. The summed E-state index contributed by atoms with van der Waals surface area (Å²) in [6.45, 7) is 2.45. The molecule has 3 aromatic rings. The molecule has 7 nitrogen and oxygen atoms in total. The van der Waals surface area contributed by atoms with E-state index in [4.69, 9.17) is 4.74 Å². The SMILES string of the molecule is CCOC(=O)C(Cc1ccccc1)NC(=O)C1CCN(S(=O)(=O)c2ccc3ccccc3c2)CC1. The van der Waals surface area contributed by atoms with Crippen LogP contribution in [0.25, 0.3) is 10.8 Å². The predicted octanol–water partition coefficient (Wildman–Crippen LogP) is 3.53. The molecule has 0 radical (unpaired) electrons. The number of rotatable bonds is 8. The molecule has 0 aliphatic carbocycles. The number of fused-ring (bicyclic) bond motifs is 1. The molecule has 184 valence electrons. The Bertz CT molecular complexity index is 1290. The van der Waals surface area contributed by atoms with Gasteiger partial charge >= 0.3 is 5.97 Å². The Balaban J connectivity index is 1.40. The van der Waals surface area contributed by atoms with Gasteiger partial charge in [-0.05, 0) is 48.2 Å². The highest BCUT2D eigenvalue weighted by molar-refractivity contribution is 7.89. The van der Waals surface area contributed by atoms with Crippen LogP contribution in [0.1, 0.15) is 25.3 Å². The lowest BCUT2D eigenvalue weighted by molar-refractivity contribution is -0.148. The van der Waals surface area contributed by atoms with Gasteiger partial charge in [-0.15, -0.1) is 0 Å². The Kier molecular flexibility index (Phi) is 7.83. The number of amides is 1. The monoisotopic (exact) mass is 494 g/mol. The van der Waals surface area contributed by atoms with Crippen molar-refractivity contribution in [2.45, 2.75) is 37.1 Å². The molecule has 0 spiro atoms. The Morgan fingerprint density at radius 1 is 0.971 bits per heavy atom. The minimum absolute atomic E-state index is 0.227. The molecule has 0 saturated carbocycles. The molecule has 1 fully saturated rings. The van der Waals surface area contributed by atoms with Crippen LogP contribution in [0.5, 0.6) is 0 Å². The van der Waals surface area contributed by atoms with Crippen molar-refractivity contribution in [1.82, 2.24) is 9.62 Å². The fraction of sp³-hybridized carbons (Fsp3) is 0.333. The highest BCUT2D eigenvalue weighted by atomic mass is 32.2. The van der Waals surface area contributed by atoms with Gasteiger partial charge in [-0.1, -0.05) is 60.7 Å². The molecule has 4 rings (SSSR count). The third-order valence-electron chi connectivity index (χ3n) is 6.35. The number of esters is 1. The zero-order chi connectivity index (χ0) is 24.8. The van der Waals surface area contributed by atoms with Crippen LogP contribution in [0.3, 0.4) is 0 Å². The van der Waals surface area contributed by atoms with Crippen molar-refractivity contribution in [3.63, 3.8) is 0 Å². The molecule has 1 unspecified atom stereocenters. The molecular formula is C27H30N2O5S. The van der Waals surface area contributed by atoms with E-state index in [1.807, 2.05) is 60.7 Å². The fourth-order valence-electron chi connectivity index (χ4n) is 4.41. The third-order valence-corrected chi connectivity index (χ3v) is 8.25. The van der Waals surface area contributed by atoms with Crippen molar-refractivity contribution in [3.05, 3.63) is 78.4 Å². The predicted molar refractivity (Wildman–Crippen MR) is 134 cm³/mol. The number of sulfonamides is 1. The highest BCUT2D eigenvalue weighted by Crippen LogP contribution is 2.26. The maximum absolute atomic E-state index is 13.2. The van der Waals surface area contributed by atoms with Crippen molar-refractivity contribution in [2.75, 3.05) is 19.7 Å². The number of benzene rings is 3. The summed E-state index contributed by atoms with van der Waals surface area (Å²) in [6, 6.07) is 21.4. The van der Waals surface area contributed by atoms with E-state index in [-0.39, 0.29) is 36.4 Å². The van der Waals surface area contributed by atoms with Gasteiger partial charge in [0.2, 0.25) is 15.9 Å². The van der Waals surface area contributed by atoms with Crippen molar-refractivity contribution in [3.8, 4) is 0 Å². The summed E-state index contributed by atoms with van der Waals surface area (Å²) >= 11 is 0. The highest BCUT2D eigenvalue weighted by Gasteiger charge is 2.34. The maximum Gasteiger partial charge on any atom is 0.328 e. The number of carbonyl (C=O) groups is 2. The molecule has 1 aliphatic heterocycles. The molecular weight excluding hydrogens is 464 g/mol. The number of piperidine rings is 1. The van der Waals surface area contributed by atoms with Crippen LogP contribution in [-0.2, 0) is 30.8 Å². The minimum atomic E-state index is -3.66. The Hall–Kier alpha value is -3.23. The minimum Gasteiger partial charge on any atom is -0.464 e. The summed E-state index contributed by atoms with van der Waals surface area (Å²) in [5, 5.41) is 4.69. The molecule has 0 aromatic heterocycles.